The number of aryl methyl sites for hydroxylation is 1. The van der Waals surface area contributed by atoms with Gasteiger partial charge in [0.2, 0.25) is 0 Å². The summed E-state index contributed by atoms with van der Waals surface area (Å²) in [6.45, 7) is 3.79. The van der Waals surface area contributed by atoms with Crippen LogP contribution in [0.25, 0.3) is 0 Å². The van der Waals surface area contributed by atoms with Crippen molar-refractivity contribution in [1.29, 1.82) is 0 Å². The summed E-state index contributed by atoms with van der Waals surface area (Å²) >= 11 is 0. The van der Waals surface area contributed by atoms with E-state index in [2.05, 4.69) is 29.4 Å². The molecule has 0 aliphatic rings. The third kappa shape index (κ3) is 5.02. The van der Waals surface area contributed by atoms with Crippen molar-refractivity contribution >= 4 is 5.82 Å². The van der Waals surface area contributed by atoms with Gasteiger partial charge in [0.05, 0.1) is 6.10 Å². The Morgan fingerprint density at radius 3 is 2.64 bits per heavy atom. The molecule has 118 valence electrons. The molecule has 5 heteroatoms. The van der Waals surface area contributed by atoms with Crippen LogP contribution in [0, 0.1) is 0 Å². The molecule has 0 bridgehead atoms. The molecule has 5 nitrogen and oxygen atoms in total. The van der Waals surface area contributed by atoms with E-state index in [1.54, 1.807) is 18.3 Å². The summed E-state index contributed by atoms with van der Waals surface area (Å²) in [6, 6.07) is 11.6. The second kappa shape index (κ2) is 8.36. The molecule has 22 heavy (non-hydrogen) atoms. The molecule has 1 aromatic heterocycles. The van der Waals surface area contributed by atoms with Gasteiger partial charge in [0.15, 0.2) is 0 Å². The Morgan fingerprint density at radius 1 is 1.23 bits per heavy atom. The summed E-state index contributed by atoms with van der Waals surface area (Å²) in [5.41, 5.74) is 7.56. The van der Waals surface area contributed by atoms with Crippen LogP contribution >= 0.6 is 0 Å². The van der Waals surface area contributed by atoms with E-state index in [1.807, 2.05) is 12.1 Å². The molecule has 0 unspecified atom stereocenters. The lowest BCUT2D eigenvalue weighted by Gasteiger charge is -2.12. The number of benzene rings is 1. The van der Waals surface area contributed by atoms with Gasteiger partial charge in [-0.15, -0.1) is 0 Å². The fourth-order valence-electron chi connectivity index (χ4n) is 2.03. The summed E-state index contributed by atoms with van der Waals surface area (Å²) in [5, 5.41) is 13.2. The lowest BCUT2D eigenvalue weighted by Crippen LogP contribution is -2.26. The third-order valence-electron chi connectivity index (χ3n) is 3.41. The van der Waals surface area contributed by atoms with Gasteiger partial charge in [-0.2, -0.15) is 0 Å². The molecular formula is C17H23N3O2. The lowest BCUT2D eigenvalue weighted by atomic mass is 10.1. The van der Waals surface area contributed by atoms with Crippen LogP contribution in [0.4, 0.5) is 5.82 Å². The van der Waals surface area contributed by atoms with Gasteiger partial charge < -0.3 is 20.9 Å². The number of hydrogen-bond acceptors (Lipinski definition) is 5. The van der Waals surface area contributed by atoms with E-state index in [0.29, 0.717) is 25.5 Å². The third-order valence-corrected chi connectivity index (χ3v) is 3.41. The van der Waals surface area contributed by atoms with Crippen molar-refractivity contribution in [1.82, 2.24) is 10.3 Å². The molecule has 1 aromatic carbocycles. The van der Waals surface area contributed by atoms with Crippen molar-refractivity contribution in [2.75, 3.05) is 25.4 Å². The molecule has 0 saturated heterocycles. The first-order chi connectivity index (χ1) is 10.7. The largest absolute Gasteiger partial charge is 0.492 e. The van der Waals surface area contributed by atoms with Crippen molar-refractivity contribution < 1.29 is 9.84 Å². The predicted molar refractivity (Wildman–Crippen MR) is 87.8 cm³/mol. The molecule has 2 aromatic rings. The number of anilines is 1. The maximum atomic E-state index is 10.0. The van der Waals surface area contributed by atoms with Gasteiger partial charge in [0.25, 0.3) is 0 Å². The van der Waals surface area contributed by atoms with Crippen LogP contribution in [-0.4, -0.2) is 29.8 Å². The highest BCUT2D eigenvalue weighted by atomic mass is 16.5. The first-order valence-corrected chi connectivity index (χ1v) is 7.51. The van der Waals surface area contributed by atoms with E-state index in [1.165, 1.54) is 5.56 Å². The molecule has 0 saturated carbocycles. The monoisotopic (exact) mass is 301 g/mol. The minimum atomic E-state index is -0.600. The quantitative estimate of drug-likeness (QED) is 0.649. The van der Waals surface area contributed by atoms with E-state index in [0.717, 1.165) is 17.7 Å². The molecule has 0 spiro atoms. The minimum absolute atomic E-state index is 0.448. The van der Waals surface area contributed by atoms with Crippen LogP contribution in [0.1, 0.15) is 24.2 Å². The molecule has 2 rings (SSSR count). The number of pyridine rings is 1. The van der Waals surface area contributed by atoms with Crippen molar-refractivity contribution in [2.45, 2.75) is 19.4 Å². The number of hydrogen-bond donors (Lipinski definition) is 3. The van der Waals surface area contributed by atoms with Crippen molar-refractivity contribution in [2.24, 2.45) is 0 Å². The molecule has 1 atom stereocenters. The van der Waals surface area contributed by atoms with Gasteiger partial charge in [0, 0.05) is 24.8 Å². The predicted octanol–water partition coefficient (Wildman–Crippen LogP) is 1.93. The van der Waals surface area contributed by atoms with E-state index in [4.69, 9.17) is 10.5 Å². The number of rotatable bonds is 8. The maximum absolute atomic E-state index is 10.0. The zero-order valence-electron chi connectivity index (χ0n) is 12.8. The summed E-state index contributed by atoms with van der Waals surface area (Å²) in [6.07, 6.45) is 2.02. The number of nitrogens with two attached hydrogens (primary N) is 1. The van der Waals surface area contributed by atoms with E-state index in [-0.39, 0.29) is 0 Å². The van der Waals surface area contributed by atoms with Gasteiger partial charge in [-0.25, -0.2) is 4.98 Å². The van der Waals surface area contributed by atoms with Gasteiger partial charge >= 0.3 is 0 Å². The second-order valence-electron chi connectivity index (χ2n) is 5.08. The number of aliphatic hydroxyl groups is 1. The number of ether oxygens (including phenoxy) is 1. The molecular weight excluding hydrogens is 278 g/mol. The minimum Gasteiger partial charge on any atom is -0.492 e. The summed E-state index contributed by atoms with van der Waals surface area (Å²) in [4.78, 5) is 3.96. The molecule has 0 amide bonds. The fraction of sp³-hybridized carbons (Fsp3) is 0.353. The van der Waals surface area contributed by atoms with Gasteiger partial charge in [-0.05, 0) is 30.2 Å². The highest BCUT2D eigenvalue weighted by molar-refractivity contribution is 5.30. The number of nitrogens with zero attached hydrogens (tertiary/aromatic N) is 1. The van der Waals surface area contributed by atoms with Crippen LogP contribution in [0.5, 0.6) is 5.75 Å². The number of nitrogen functional groups attached to an aromatic ring is 1. The van der Waals surface area contributed by atoms with Crippen LogP contribution in [0.15, 0.2) is 42.6 Å². The lowest BCUT2D eigenvalue weighted by molar-refractivity contribution is 0.171. The van der Waals surface area contributed by atoms with Crippen molar-refractivity contribution in [3.05, 3.63) is 53.7 Å². The van der Waals surface area contributed by atoms with Crippen LogP contribution < -0.4 is 15.8 Å². The number of nitrogens with one attached hydrogen (secondary N) is 1. The Labute approximate surface area is 131 Å². The average Bonchev–Trinajstić information content (AvgIpc) is 2.55. The van der Waals surface area contributed by atoms with Crippen LogP contribution in [0.2, 0.25) is 0 Å². The molecule has 0 fully saturated rings. The van der Waals surface area contributed by atoms with E-state index < -0.39 is 6.10 Å². The molecule has 0 aliphatic carbocycles. The molecule has 0 aliphatic heterocycles. The van der Waals surface area contributed by atoms with Crippen LogP contribution in [0.3, 0.4) is 0 Å². The summed E-state index contributed by atoms with van der Waals surface area (Å²) in [5.74, 6) is 1.31. The van der Waals surface area contributed by atoms with Crippen LogP contribution in [-0.2, 0) is 6.42 Å². The Kier molecular flexibility index (Phi) is 6.18. The maximum Gasteiger partial charge on any atom is 0.123 e. The second-order valence-corrected chi connectivity index (χ2v) is 5.08. The first kappa shape index (κ1) is 16.3. The SMILES string of the molecule is CCc1ccc(OCCNC[C@H](O)c2ccc(N)nc2)cc1. The number of aliphatic hydroxyl groups excluding tert-OH is 1. The smallest absolute Gasteiger partial charge is 0.123 e. The Bertz CT molecular complexity index is 555. The molecule has 1 heterocycles. The Hall–Kier alpha value is -2.11. The van der Waals surface area contributed by atoms with Crippen molar-refractivity contribution in [3.8, 4) is 5.75 Å². The molecule has 0 radical (unpaired) electrons. The highest BCUT2D eigenvalue weighted by Crippen LogP contribution is 2.13. The Morgan fingerprint density at radius 2 is 2.00 bits per heavy atom. The zero-order valence-corrected chi connectivity index (χ0v) is 12.8. The molecule has 4 N–H and O–H groups in total. The fourth-order valence-corrected chi connectivity index (χ4v) is 2.03. The van der Waals surface area contributed by atoms with E-state index >= 15 is 0 Å². The topological polar surface area (TPSA) is 80.4 Å². The van der Waals surface area contributed by atoms with Crippen molar-refractivity contribution in [3.63, 3.8) is 0 Å². The standard InChI is InChI=1S/C17H23N3O2/c1-2-13-3-6-15(7-4-13)22-10-9-19-12-16(21)14-5-8-17(18)20-11-14/h3-8,11,16,19,21H,2,9-10,12H2,1H3,(H2,18,20)/t16-/m0/s1. The van der Waals surface area contributed by atoms with Gasteiger partial charge in [-0.3, -0.25) is 0 Å². The van der Waals surface area contributed by atoms with Gasteiger partial charge in [0.1, 0.15) is 18.2 Å². The Balaban J connectivity index is 1.65. The summed E-state index contributed by atoms with van der Waals surface area (Å²) < 4.78 is 5.64. The van der Waals surface area contributed by atoms with E-state index in [9.17, 15) is 5.11 Å². The normalized spacial score (nSPS) is 12.1. The summed E-state index contributed by atoms with van der Waals surface area (Å²) in [7, 11) is 0. The number of aromatic nitrogens is 1. The highest BCUT2D eigenvalue weighted by Gasteiger charge is 2.06. The van der Waals surface area contributed by atoms with Gasteiger partial charge in [-0.1, -0.05) is 25.1 Å². The first-order valence-electron chi connectivity index (χ1n) is 7.51. The zero-order chi connectivity index (χ0) is 15.8. The average molecular weight is 301 g/mol.